The largest absolute Gasteiger partial charge is 0.394 e. The van der Waals surface area contributed by atoms with E-state index in [1.807, 2.05) is 4.90 Å². The summed E-state index contributed by atoms with van der Waals surface area (Å²) in [6.45, 7) is 0.795. The number of benzene rings is 1. The maximum atomic E-state index is 12.5. The van der Waals surface area contributed by atoms with Crippen LogP contribution in [0.1, 0.15) is 25.7 Å². The van der Waals surface area contributed by atoms with E-state index in [9.17, 15) is 22.3 Å². The summed E-state index contributed by atoms with van der Waals surface area (Å²) < 4.78 is 47.8. The van der Waals surface area contributed by atoms with Crippen molar-refractivity contribution in [2.45, 2.75) is 42.4 Å². The van der Waals surface area contributed by atoms with Crippen molar-refractivity contribution < 1.29 is 22.3 Å². The van der Waals surface area contributed by atoms with Gasteiger partial charge in [0, 0.05) is 12.2 Å². The molecule has 1 unspecified atom stereocenters. The van der Waals surface area contributed by atoms with Gasteiger partial charge in [-0.25, -0.2) is 8.42 Å². The van der Waals surface area contributed by atoms with Crippen molar-refractivity contribution in [1.82, 2.24) is 0 Å². The second-order valence-electron chi connectivity index (χ2n) is 5.18. The number of aliphatic hydroxyl groups is 1. The number of aliphatic hydroxyl groups excluding tert-OH is 1. The van der Waals surface area contributed by atoms with E-state index in [4.69, 9.17) is 0 Å². The minimum Gasteiger partial charge on any atom is -0.394 e. The van der Waals surface area contributed by atoms with Gasteiger partial charge < -0.3 is 10.0 Å². The molecule has 1 aromatic carbocycles. The Balaban J connectivity index is 2.25. The number of hydrogen-bond acceptors (Lipinski definition) is 4. The topological polar surface area (TPSA) is 57.6 Å². The number of hydrogen-bond donors (Lipinski definition) is 1. The average Bonchev–Trinajstić information content (AvgIpc) is 2.72. The van der Waals surface area contributed by atoms with E-state index >= 15 is 0 Å². The maximum absolute atomic E-state index is 12.5. The monoisotopic (exact) mass is 319 g/mol. The molecule has 1 atom stereocenters. The first-order valence-electron chi connectivity index (χ1n) is 6.96. The Morgan fingerprint density at radius 2 is 1.86 bits per heavy atom. The first kappa shape index (κ1) is 16.2. The Labute approximate surface area is 123 Å². The van der Waals surface area contributed by atoms with Crippen molar-refractivity contribution in [3.8, 4) is 0 Å². The molecule has 118 valence electrons. The normalized spacial score (nSPS) is 20.6. The van der Waals surface area contributed by atoms with Crippen LogP contribution in [0.2, 0.25) is 0 Å². The summed E-state index contributed by atoms with van der Waals surface area (Å²) in [5.41, 5.74) is 0.754. The van der Waals surface area contributed by atoms with Crippen LogP contribution >= 0.6 is 0 Å². The fourth-order valence-corrected chi connectivity index (χ4v) is 3.36. The smallest absolute Gasteiger partial charge is 0.341 e. The Bertz CT molecular complexity index is 560. The fraction of sp³-hybridized carbons (Fsp3) is 0.571. The summed E-state index contributed by atoms with van der Waals surface area (Å²) in [5, 5.41) is 9.47. The number of rotatable bonds is 4. The number of halogens is 2. The summed E-state index contributed by atoms with van der Waals surface area (Å²) in [6.07, 6.45) is 3.99. The second kappa shape index (κ2) is 6.70. The van der Waals surface area contributed by atoms with E-state index in [0.29, 0.717) is 0 Å². The molecule has 1 N–H and O–H groups in total. The van der Waals surface area contributed by atoms with Crippen LogP contribution in [0, 0.1) is 0 Å². The predicted octanol–water partition coefficient (Wildman–Crippen LogP) is 2.42. The number of alkyl halides is 2. The van der Waals surface area contributed by atoms with Crippen LogP contribution < -0.4 is 4.90 Å². The summed E-state index contributed by atoms with van der Waals surface area (Å²) in [4.78, 5) is 1.64. The van der Waals surface area contributed by atoms with Gasteiger partial charge in [0.2, 0.25) is 9.84 Å². The van der Waals surface area contributed by atoms with Gasteiger partial charge in [-0.2, -0.15) is 8.78 Å². The Morgan fingerprint density at radius 3 is 2.43 bits per heavy atom. The van der Waals surface area contributed by atoms with Crippen molar-refractivity contribution in [2.75, 3.05) is 18.1 Å². The highest BCUT2D eigenvalue weighted by atomic mass is 32.2. The van der Waals surface area contributed by atoms with Gasteiger partial charge >= 0.3 is 5.76 Å². The van der Waals surface area contributed by atoms with Crippen LogP contribution in [-0.4, -0.2) is 38.5 Å². The molecular weight excluding hydrogens is 300 g/mol. The molecule has 7 heteroatoms. The van der Waals surface area contributed by atoms with Gasteiger partial charge in [0.1, 0.15) is 0 Å². The van der Waals surface area contributed by atoms with Crippen molar-refractivity contribution in [3.63, 3.8) is 0 Å². The van der Waals surface area contributed by atoms with E-state index in [0.717, 1.165) is 37.9 Å². The van der Waals surface area contributed by atoms with E-state index in [-0.39, 0.29) is 17.5 Å². The zero-order chi connectivity index (χ0) is 15.5. The highest BCUT2D eigenvalue weighted by Crippen LogP contribution is 2.26. The molecule has 1 saturated heterocycles. The zero-order valence-corrected chi connectivity index (χ0v) is 12.4. The van der Waals surface area contributed by atoms with E-state index in [1.54, 1.807) is 0 Å². The van der Waals surface area contributed by atoms with Crippen molar-refractivity contribution in [3.05, 3.63) is 24.3 Å². The third-order valence-corrected chi connectivity index (χ3v) is 5.22. The fourth-order valence-electron chi connectivity index (χ4n) is 2.64. The van der Waals surface area contributed by atoms with Crippen LogP contribution in [0.5, 0.6) is 0 Å². The standard InChI is InChI=1S/C14H19F2NO3S/c15-14(16)21(19,20)13-7-5-11(6-8-13)17-9-3-1-2-4-12(17)10-18/h5-8,12,14,18H,1-4,9-10H2. The van der Waals surface area contributed by atoms with Crippen LogP contribution in [0.3, 0.4) is 0 Å². The molecule has 1 heterocycles. The predicted molar refractivity (Wildman–Crippen MR) is 76.3 cm³/mol. The number of anilines is 1. The zero-order valence-electron chi connectivity index (χ0n) is 11.6. The quantitative estimate of drug-likeness (QED) is 0.926. The Morgan fingerprint density at radius 1 is 1.19 bits per heavy atom. The van der Waals surface area contributed by atoms with Gasteiger partial charge in [-0.1, -0.05) is 12.8 Å². The lowest BCUT2D eigenvalue weighted by atomic mass is 10.1. The van der Waals surface area contributed by atoms with Gasteiger partial charge in [-0.05, 0) is 37.1 Å². The lowest BCUT2D eigenvalue weighted by Gasteiger charge is -2.31. The van der Waals surface area contributed by atoms with E-state index in [1.165, 1.54) is 24.3 Å². The summed E-state index contributed by atoms with van der Waals surface area (Å²) >= 11 is 0. The second-order valence-corrected chi connectivity index (χ2v) is 7.10. The molecule has 0 saturated carbocycles. The molecule has 2 rings (SSSR count). The van der Waals surface area contributed by atoms with Crippen LogP contribution in [0.4, 0.5) is 14.5 Å². The molecule has 21 heavy (non-hydrogen) atoms. The molecule has 0 bridgehead atoms. The first-order chi connectivity index (χ1) is 9.96. The molecular formula is C14H19F2NO3S. The molecule has 0 aromatic heterocycles. The lowest BCUT2D eigenvalue weighted by Crippen LogP contribution is -2.37. The number of sulfone groups is 1. The van der Waals surface area contributed by atoms with Crippen molar-refractivity contribution >= 4 is 15.5 Å². The Hall–Kier alpha value is -1.21. The average molecular weight is 319 g/mol. The van der Waals surface area contributed by atoms with Gasteiger partial charge in [0.25, 0.3) is 0 Å². The molecule has 4 nitrogen and oxygen atoms in total. The van der Waals surface area contributed by atoms with E-state index in [2.05, 4.69) is 0 Å². The molecule has 1 fully saturated rings. The minimum absolute atomic E-state index is 0.00921. The van der Waals surface area contributed by atoms with Crippen LogP contribution in [0.15, 0.2) is 29.2 Å². The summed E-state index contributed by atoms with van der Waals surface area (Å²) in [7, 11) is -4.55. The highest BCUT2D eigenvalue weighted by Gasteiger charge is 2.27. The third kappa shape index (κ3) is 3.52. The third-order valence-electron chi connectivity index (χ3n) is 3.82. The number of nitrogens with zero attached hydrogens (tertiary/aromatic N) is 1. The molecule has 0 amide bonds. The van der Waals surface area contributed by atoms with Crippen molar-refractivity contribution in [1.29, 1.82) is 0 Å². The van der Waals surface area contributed by atoms with Crippen molar-refractivity contribution in [2.24, 2.45) is 0 Å². The Kier molecular flexibility index (Phi) is 5.16. The van der Waals surface area contributed by atoms with Gasteiger partial charge in [0.15, 0.2) is 0 Å². The van der Waals surface area contributed by atoms with E-state index < -0.39 is 15.6 Å². The minimum atomic E-state index is -4.55. The first-order valence-corrected chi connectivity index (χ1v) is 8.51. The van der Waals surface area contributed by atoms with Gasteiger partial charge in [-0.3, -0.25) is 0 Å². The molecule has 0 spiro atoms. The van der Waals surface area contributed by atoms with Crippen LogP contribution in [-0.2, 0) is 9.84 Å². The SMILES string of the molecule is O=S(=O)(c1ccc(N2CCCCCC2CO)cc1)C(F)F. The molecule has 1 aliphatic heterocycles. The molecule has 1 aromatic rings. The molecule has 0 aliphatic carbocycles. The summed E-state index contributed by atoms with van der Waals surface area (Å²) in [5.74, 6) is -3.41. The molecule has 0 radical (unpaired) electrons. The highest BCUT2D eigenvalue weighted by molar-refractivity contribution is 7.91. The molecule has 1 aliphatic rings. The van der Waals surface area contributed by atoms with Gasteiger partial charge in [-0.15, -0.1) is 0 Å². The lowest BCUT2D eigenvalue weighted by molar-refractivity contribution is 0.234. The van der Waals surface area contributed by atoms with Crippen LogP contribution in [0.25, 0.3) is 0 Å². The van der Waals surface area contributed by atoms with Gasteiger partial charge in [0.05, 0.1) is 17.5 Å². The summed E-state index contributed by atoms with van der Waals surface area (Å²) in [6, 6.07) is 5.46. The maximum Gasteiger partial charge on any atom is 0.341 e.